The van der Waals surface area contributed by atoms with Gasteiger partial charge in [0.1, 0.15) is 58.3 Å². The Hall–Kier alpha value is -12.7. The zero-order valence-electron chi connectivity index (χ0n) is 63.5. The van der Waals surface area contributed by atoms with Gasteiger partial charge >= 0.3 is 11.9 Å². The maximum atomic E-state index is 13.3. The Labute approximate surface area is 690 Å². The summed E-state index contributed by atoms with van der Waals surface area (Å²) in [6.45, 7) is 0. The molecule has 0 bridgehead atoms. The number of carbonyl (C=O) groups excluding carboxylic acids is 2. The van der Waals surface area contributed by atoms with Crippen LogP contribution >= 0.6 is 53.8 Å². The molecule has 12 aromatic carbocycles. The molecule has 6 aromatic heterocycles. The predicted molar refractivity (Wildman–Crippen MR) is 485 cm³/mol. The summed E-state index contributed by atoms with van der Waals surface area (Å²) in [5.41, 5.74) is 8.41. The van der Waals surface area contributed by atoms with Gasteiger partial charge in [-0.3, -0.25) is 17.4 Å². The molecule has 2 aliphatic rings. The number of carbonyl (C=O) groups is 2. The fourth-order valence-electron chi connectivity index (χ4n) is 15.0. The number of allylic oxidation sites excluding steroid dienone is 7. The van der Waals surface area contributed by atoms with Crippen molar-refractivity contribution in [3.8, 4) is 51.0 Å². The summed E-state index contributed by atoms with van der Waals surface area (Å²) in [7, 11) is 2.73. The van der Waals surface area contributed by atoms with Gasteiger partial charge in [0, 0.05) is 107 Å². The van der Waals surface area contributed by atoms with E-state index in [2.05, 4.69) is 225 Å². The number of ether oxygens (including phenoxy) is 2. The number of hydrogen-bond donors (Lipinski definition) is 0. The number of hydrogen-bond acceptors (Lipinski definition) is 12. The topological polar surface area (TPSA) is 163 Å². The molecule has 18 aromatic rings. The Balaban J connectivity index is 0.000000123. The number of nitrogens with zero attached hydrogens (tertiary/aromatic N) is 8. The second-order valence-electron chi connectivity index (χ2n) is 27.4. The monoisotopic (exact) mass is 1660 g/mol. The van der Waals surface area contributed by atoms with Crippen molar-refractivity contribution >= 4 is 147 Å². The molecule has 6 heterocycles. The minimum Gasteiger partial charge on any atom is -0.465 e. The molecule has 0 N–H and O–H groups in total. The van der Waals surface area contributed by atoms with Crippen LogP contribution in [-0.4, -0.2) is 62.2 Å². The van der Waals surface area contributed by atoms with Crippen LogP contribution in [0.3, 0.4) is 0 Å². The highest BCUT2D eigenvalue weighted by molar-refractivity contribution is 7.32. The van der Waals surface area contributed by atoms with E-state index in [-0.39, 0.29) is 76.7 Å². The average molecular weight is 1660 g/mol. The van der Waals surface area contributed by atoms with E-state index in [1.54, 1.807) is 37.2 Å². The van der Waals surface area contributed by atoms with Crippen LogP contribution in [0.2, 0.25) is 0 Å². The lowest BCUT2D eigenvalue weighted by atomic mass is 9.75. The summed E-state index contributed by atoms with van der Waals surface area (Å²) in [5.74, 6) is 3.34. The van der Waals surface area contributed by atoms with Gasteiger partial charge in [-0.05, 0) is 150 Å². The Morgan fingerprint density at radius 2 is 0.712 bits per heavy atom. The molecule has 0 amide bonds. The van der Waals surface area contributed by atoms with Gasteiger partial charge in [-0.1, -0.05) is 206 Å². The number of fused-ring (bicyclic) bond motifs is 8. The molecule has 2 aliphatic carbocycles. The van der Waals surface area contributed by atoms with Gasteiger partial charge in [0.25, 0.3) is 0 Å². The second kappa shape index (κ2) is 35.4. The first-order chi connectivity index (χ1) is 58.3. The highest BCUT2D eigenvalue weighted by atomic mass is 31.1. The summed E-state index contributed by atoms with van der Waals surface area (Å²) in [4.78, 5) is 34.8. The van der Waals surface area contributed by atoms with E-state index < -0.39 is 11.9 Å². The van der Waals surface area contributed by atoms with Gasteiger partial charge in [0.05, 0.1) is 25.3 Å². The van der Waals surface area contributed by atoms with E-state index in [0.29, 0.717) is 22.6 Å². The van der Waals surface area contributed by atoms with Crippen molar-refractivity contribution in [1.82, 2.24) is 36.0 Å². The number of rotatable bonds is 23. The first-order valence-electron chi connectivity index (χ1n) is 37.8. The van der Waals surface area contributed by atoms with Gasteiger partial charge < -0.3 is 45.3 Å². The Kier molecular flexibility index (Phi) is 23.0. The van der Waals surface area contributed by atoms with Gasteiger partial charge in [-0.2, -0.15) is 0 Å². The normalized spacial score (nSPS) is 14.1. The quantitative estimate of drug-likeness (QED) is 0.0440. The zero-order chi connectivity index (χ0) is 79.7. The van der Waals surface area contributed by atoms with Crippen molar-refractivity contribution in [2.24, 2.45) is 11.8 Å². The minimum absolute atomic E-state index is 0.0779. The molecule has 18 nitrogen and oxygen atoms in total. The number of esters is 2. The first kappa shape index (κ1) is 76.6. The highest BCUT2D eigenvalue weighted by Crippen LogP contribution is 2.54. The number of aromatic nitrogens is 8. The lowest BCUT2D eigenvalue weighted by Gasteiger charge is -2.31. The van der Waals surface area contributed by atoms with Crippen LogP contribution in [0, 0.1) is 11.8 Å². The van der Waals surface area contributed by atoms with Crippen LogP contribution in [0.5, 0.6) is 28.7 Å². The average Bonchev–Trinajstić information content (AvgIpc) is 0.928. The maximum absolute atomic E-state index is 13.3. The summed E-state index contributed by atoms with van der Waals surface area (Å²) >= 11 is 0. The summed E-state index contributed by atoms with van der Waals surface area (Å²) < 4.78 is 61.6. The molecule has 20 rings (SSSR count). The molecular formula is C94H74N8O10P6. The molecule has 8 unspecified atom stereocenters. The minimum atomic E-state index is -0.542. The number of benzene rings is 12. The third kappa shape index (κ3) is 16.1. The third-order valence-corrected chi connectivity index (χ3v) is 25.4. The number of imidazole rings is 2. The third-order valence-electron chi connectivity index (χ3n) is 20.5. The van der Waals surface area contributed by atoms with Crippen LogP contribution < -0.4 is 22.6 Å². The SMILES string of the molecule is C1=CC2C=CC(OPn3ccc4ccccc43)=C(c3c(OPn4ccc5ccccc54)ccc4ccccc34)C2C=C1.COC(=O)c1cc2ccccc2c(-c2c(OPn3cccc3)c(C(=O)OC)cc3ccccc23)c1OPn1cccc1.c1ccc2c(-c3c(OPn4ccnc4)ccc4ccccc34)c(OPn3ccnc3)ccc2c1. The van der Waals surface area contributed by atoms with Crippen LogP contribution in [0.25, 0.3) is 103 Å². The Bertz CT molecular complexity index is 6590. The Morgan fingerprint density at radius 1 is 0.331 bits per heavy atom. The van der Waals surface area contributed by atoms with Gasteiger partial charge in [0.15, 0.2) is 53.8 Å². The van der Waals surface area contributed by atoms with Crippen LogP contribution in [0.15, 0.2) is 372 Å². The molecule has 8 atom stereocenters. The van der Waals surface area contributed by atoms with Crippen molar-refractivity contribution in [2.45, 2.75) is 0 Å². The highest BCUT2D eigenvalue weighted by Gasteiger charge is 2.34. The molecule has 0 saturated heterocycles. The molecular weight excluding hydrogens is 1590 g/mol. The molecule has 0 aliphatic heterocycles. The van der Waals surface area contributed by atoms with Gasteiger partial charge in [0.2, 0.25) is 0 Å². The van der Waals surface area contributed by atoms with Crippen molar-refractivity contribution in [3.63, 3.8) is 0 Å². The lowest BCUT2D eigenvalue weighted by molar-refractivity contribution is 0.0589. The van der Waals surface area contributed by atoms with E-state index in [1.807, 2.05) is 139 Å². The molecule has 0 radical (unpaired) electrons. The van der Waals surface area contributed by atoms with E-state index in [4.69, 9.17) is 36.6 Å². The van der Waals surface area contributed by atoms with Crippen molar-refractivity contribution in [1.29, 1.82) is 0 Å². The predicted octanol–water partition coefficient (Wildman–Crippen LogP) is 24.5. The van der Waals surface area contributed by atoms with Gasteiger partial charge in [-0.25, -0.2) is 19.6 Å². The molecule has 24 heteroatoms. The molecule has 580 valence electrons. The largest absolute Gasteiger partial charge is 0.465 e. The fraction of sp³-hybridized carbons (Fsp3) is 0.0426. The number of para-hydroxylation sites is 2. The molecule has 118 heavy (non-hydrogen) atoms. The second-order valence-corrected chi connectivity index (χ2v) is 32.8. The molecule has 0 spiro atoms. The standard InChI is InChI=1S/C36H28N2O2P2.C32H26N2O6P2.C26H20N4O2P2/c1-5-13-29-25(9-1)17-19-33(39-41-37-23-21-27-11-3-7-15-31(27)37)35(29)36-30-14-6-2-10-26(30)18-20-34(36)40-42-38-24-22-28-12-4-8-16-32(28)38;1-37-31(35)25-19-21-11-3-5-13-23(21)27(29(25)39-41-33-15-7-8-16-33)28-24-14-6-4-12-22(24)20-26(32(36)38-2)30(28)40-42-34-17-9-10-18-34;1-3-7-21-19(5-1)9-11-23(31-33-29-15-13-27-17-29)25(21)26-22-8-4-2-6-20(22)10-12-24(26)32-34-30-16-14-28-18-30/h1-25,29,41-42H;3-20,41-42H,1-2H3;1-18,33-34H. The maximum Gasteiger partial charge on any atom is 0.341 e. The van der Waals surface area contributed by atoms with Crippen molar-refractivity contribution in [2.75, 3.05) is 14.2 Å². The van der Waals surface area contributed by atoms with Crippen molar-refractivity contribution in [3.05, 3.63) is 388 Å². The fourth-order valence-corrected chi connectivity index (χ4v) is 19.2. The van der Waals surface area contributed by atoms with E-state index in [1.165, 1.54) is 52.4 Å². The zero-order valence-corrected chi connectivity index (χ0v) is 69.5. The summed E-state index contributed by atoms with van der Waals surface area (Å²) in [6.07, 6.45) is 35.9. The molecule has 0 fully saturated rings. The van der Waals surface area contributed by atoms with Crippen molar-refractivity contribution < 1.29 is 46.2 Å². The number of methoxy groups -OCH3 is 2. The summed E-state index contributed by atoms with van der Waals surface area (Å²) in [5, 5.41) is 12.5. The van der Waals surface area contributed by atoms with Crippen LogP contribution in [0.1, 0.15) is 26.3 Å². The smallest absolute Gasteiger partial charge is 0.341 e. The lowest BCUT2D eigenvalue weighted by Crippen LogP contribution is -2.18. The van der Waals surface area contributed by atoms with Crippen LogP contribution in [-0.2, 0) is 14.0 Å². The Morgan fingerprint density at radius 3 is 1.16 bits per heavy atom. The summed E-state index contributed by atoms with van der Waals surface area (Å²) in [6, 6.07) is 85.7. The van der Waals surface area contributed by atoms with Crippen LogP contribution in [0.4, 0.5) is 0 Å². The van der Waals surface area contributed by atoms with E-state index in [0.717, 1.165) is 82.8 Å². The van der Waals surface area contributed by atoms with E-state index >= 15 is 0 Å². The first-order valence-corrected chi connectivity index (χ1v) is 43.0. The van der Waals surface area contributed by atoms with E-state index in [9.17, 15) is 9.59 Å². The molecule has 0 saturated carbocycles. The van der Waals surface area contributed by atoms with Gasteiger partial charge in [-0.15, -0.1) is 0 Å².